The van der Waals surface area contributed by atoms with Crippen LogP contribution in [0.4, 0.5) is 0 Å². The average Bonchev–Trinajstić information content (AvgIpc) is 2.80. The lowest BCUT2D eigenvalue weighted by Crippen LogP contribution is -2.03. The average molecular weight is 253 g/mol. The number of rotatable bonds is 2. The maximum absolute atomic E-state index is 11.1. The molecule has 0 aliphatic carbocycles. The van der Waals surface area contributed by atoms with Crippen LogP contribution in [0.2, 0.25) is 0 Å². The molecule has 0 fully saturated rings. The smallest absolute Gasteiger partial charge is 0.339 e. The van der Waals surface area contributed by atoms with Crippen LogP contribution in [0.3, 0.4) is 0 Å². The molecule has 0 unspecified atom stereocenters. The van der Waals surface area contributed by atoms with Crippen molar-refractivity contribution in [2.75, 3.05) is 0 Å². The molecule has 3 rings (SSSR count). The molecule has 94 valence electrons. The summed E-state index contributed by atoms with van der Waals surface area (Å²) in [5, 5.41) is 15.2. The monoisotopic (exact) mass is 253 g/mol. The Bertz CT molecular complexity index is 772. The summed E-state index contributed by atoms with van der Waals surface area (Å²) >= 11 is 0. The zero-order chi connectivity index (χ0) is 13.4. The number of carbonyl (C=O) groups is 1. The second-order valence-electron chi connectivity index (χ2n) is 4.23. The summed E-state index contributed by atoms with van der Waals surface area (Å²) in [7, 11) is 0. The molecule has 2 aromatic heterocycles. The Morgan fingerprint density at radius 1 is 1.26 bits per heavy atom. The number of aromatic carboxylic acids is 1. The molecule has 1 aromatic carbocycles. The summed E-state index contributed by atoms with van der Waals surface area (Å²) in [6.45, 7) is 1.75. The number of carboxylic acid groups (broad SMARTS) is 1. The fourth-order valence-corrected chi connectivity index (χ4v) is 2.15. The fourth-order valence-electron chi connectivity index (χ4n) is 2.15. The van der Waals surface area contributed by atoms with Crippen molar-refractivity contribution in [3.8, 4) is 5.69 Å². The third kappa shape index (κ3) is 1.76. The maximum atomic E-state index is 11.1. The normalized spacial score (nSPS) is 10.8. The molecule has 0 saturated heterocycles. The predicted molar refractivity (Wildman–Crippen MR) is 70.6 cm³/mol. The number of benzene rings is 1. The maximum Gasteiger partial charge on any atom is 0.339 e. The minimum Gasteiger partial charge on any atom is -0.478 e. The summed E-state index contributed by atoms with van der Waals surface area (Å²) in [6, 6.07) is 7.67. The minimum atomic E-state index is -0.967. The van der Waals surface area contributed by atoms with Crippen molar-refractivity contribution in [1.82, 2.24) is 14.8 Å². The van der Waals surface area contributed by atoms with E-state index in [0.29, 0.717) is 5.69 Å². The Morgan fingerprint density at radius 2 is 2.11 bits per heavy atom. The predicted octanol–water partition coefficient (Wildman–Crippen LogP) is 2.43. The third-order valence-electron chi connectivity index (χ3n) is 3.13. The molecule has 0 radical (unpaired) electrons. The van der Waals surface area contributed by atoms with Gasteiger partial charge in [-0.1, -0.05) is 12.1 Å². The summed E-state index contributed by atoms with van der Waals surface area (Å²) in [5.41, 5.74) is 1.67. The van der Waals surface area contributed by atoms with E-state index in [-0.39, 0.29) is 5.56 Å². The topological polar surface area (TPSA) is 68.0 Å². The van der Waals surface area contributed by atoms with Gasteiger partial charge in [-0.2, -0.15) is 5.10 Å². The highest BCUT2D eigenvalue weighted by Crippen LogP contribution is 2.23. The molecule has 0 bridgehead atoms. The first-order valence-electron chi connectivity index (χ1n) is 5.79. The molecular weight excluding hydrogens is 242 g/mol. The van der Waals surface area contributed by atoms with E-state index in [1.54, 1.807) is 24.0 Å². The highest BCUT2D eigenvalue weighted by molar-refractivity contribution is 5.91. The minimum absolute atomic E-state index is 0.214. The Balaban J connectivity index is 2.28. The van der Waals surface area contributed by atoms with Gasteiger partial charge in [0.05, 0.1) is 17.6 Å². The lowest BCUT2D eigenvalue weighted by molar-refractivity contribution is 0.0696. The fraction of sp³-hybridized carbons (Fsp3) is 0.0714. The first-order chi connectivity index (χ1) is 9.18. The van der Waals surface area contributed by atoms with Crippen LogP contribution in [0.1, 0.15) is 16.1 Å². The number of hydrogen-bond acceptors (Lipinski definition) is 3. The number of nitrogens with zero attached hydrogens (tertiary/aromatic N) is 3. The Kier molecular flexibility index (Phi) is 2.52. The first kappa shape index (κ1) is 11.4. The van der Waals surface area contributed by atoms with Gasteiger partial charge < -0.3 is 5.11 Å². The van der Waals surface area contributed by atoms with Gasteiger partial charge in [-0.05, 0) is 19.1 Å². The van der Waals surface area contributed by atoms with Crippen LogP contribution in [-0.4, -0.2) is 25.8 Å². The van der Waals surface area contributed by atoms with Crippen LogP contribution in [0, 0.1) is 6.92 Å². The first-order valence-corrected chi connectivity index (χ1v) is 5.79. The van der Waals surface area contributed by atoms with Crippen molar-refractivity contribution in [2.45, 2.75) is 6.92 Å². The van der Waals surface area contributed by atoms with Crippen LogP contribution in [-0.2, 0) is 0 Å². The van der Waals surface area contributed by atoms with Crippen LogP contribution < -0.4 is 0 Å². The highest BCUT2D eigenvalue weighted by atomic mass is 16.4. The molecule has 0 atom stereocenters. The van der Waals surface area contributed by atoms with Crippen LogP contribution >= 0.6 is 0 Å². The van der Waals surface area contributed by atoms with Crippen LogP contribution in [0.15, 0.2) is 42.9 Å². The van der Waals surface area contributed by atoms with E-state index in [1.165, 1.54) is 6.20 Å². The van der Waals surface area contributed by atoms with Gasteiger partial charge in [0.2, 0.25) is 0 Å². The number of pyridine rings is 1. The van der Waals surface area contributed by atoms with Crippen molar-refractivity contribution >= 4 is 16.7 Å². The molecule has 0 saturated carbocycles. The van der Waals surface area contributed by atoms with Gasteiger partial charge in [0.25, 0.3) is 0 Å². The lowest BCUT2D eigenvalue weighted by Gasteiger charge is -2.08. The van der Waals surface area contributed by atoms with E-state index < -0.39 is 5.97 Å². The molecule has 0 aliphatic heterocycles. The van der Waals surface area contributed by atoms with Crippen molar-refractivity contribution in [2.24, 2.45) is 0 Å². The number of hydrogen-bond donors (Lipinski definition) is 1. The van der Waals surface area contributed by atoms with Crippen molar-refractivity contribution in [1.29, 1.82) is 0 Å². The van der Waals surface area contributed by atoms with Gasteiger partial charge in [-0.25, -0.2) is 9.48 Å². The summed E-state index contributed by atoms with van der Waals surface area (Å²) in [5.74, 6) is -0.967. The Labute approximate surface area is 109 Å². The Morgan fingerprint density at radius 3 is 2.84 bits per heavy atom. The van der Waals surface area contributed by atoms with Gasteiger partial charge in [0, 0.05) is 23.2 Å². The SMILES string of the molecule is Cc1c(C(=O)O)cnn1-c1cccc2cnccc12. The lowest BCUT2D eigenvalue weighted by atomic mass is 10.1. The van der Waals surface area contributed by atoms with Crippen molar-refractivity contribution in [3.05, 3.63) is 54.1 Å². The number of carboxylic acids is 1. The van der Waals surface area contributed by atoms with Gasteiger partial charge in [-0.15, -0.1) is 0 Å². The standard InChI is InChI=1S/C14H11N3O2/c1-9-12(14(18)19)8-16-17(9)13-4-2-3-10-7-15-6-5-11(10)13/h2-8H,1H3,(H,18,19). The molecular formula is C14H11N3O2. The van der Waals surface area contributed by atoms with E-state index in [0.717, 1.165) is 16.5 Å². The third-order valence-corrected chi connectivity index (χ3v) is 3.13. The summed E-state index contributed by atoms with van der Waals surface area (Å²) in [6.07, 6.45) is 4.86. The Hall–Kier alpha value is -2.69. The van der Waals surface area contributed by atoms with Gasteiger partial charge in [-0.3, -0.25) is 4.98 Å². The molecule has 5 heteroatoms. The van der Waals surface area contributed by atoms with E-state index in [1.807, 2.05) is 24.3 Å². The van der Waals surface area contributed by atoms with Crippen LogP contribution in [0.25, 0.3) is 16.5 Å². The van der Waals surface area contributed by atoms with Crippen LogP contribution in [0.5, 0.6) is 0 Å². The van der Waals surface area contributed by atoms with Gasteiger partial charge >= 0.3 is 5.97 Å². The zero-order valence-electron chi connectivity index (χ0n) is 10.2. The quantitative estimate of drug-likeness (QED) is 0.761. The number of aromatic nitrogens is 3. The molecule has 0 spiro atoms. The van der Waals surface area contributed by atoms with E-state index in [2.05, 4.69) is 10.1 Å². The van der Waals surface area contributed by atoms with Crippen molar-refractivity contribution < 1.29 is 9.90 Å². The molecule has 0 amide bonds. The molecule has 5 nitrogen and oxygen atoms in total. The largest absolute Gasteiger partial charge is 0.478 e. The van der Waals surface area contributed by atoms with Crippen molar-refractivity contribution in [3.63, 3.8) is 0 Å². The molecule has 1 N–H and O–H groups in total. The molecule has 19 heavy (non-hydrogen) atoms. The van der Waals surface area contributed by atoms with E-state index in [9.17, 15) is 4.79 Å². The molecule has 0 aliphatic rings. The second-order valence-corrected chi connectivity index (χ2v) is 4.23. The summed E-state index contributed by atoms with van der Waals surface area (Å²) in [4.78, 5) is 15.1. The number of fused-ring (bicyclic) bond motifs is 1. The van der Waals surface area contributed by atoms with E-state index in [4.69, 9.17) is 5.11 Å². The molecule has 2 heterocycles. The molecule has 3 aromatic rings. The summed E-state index contributed by atoms with van der Waals surface area (Å²) < 4.78 is 1.64. The second kappa shape index (κ2) is 4.20. The zero-order valence-corrected chi connectivity index (χ0v) is 10.2. The van der Waals surface area contributed by atoms with Gasteiger partial charge in [0.1, 0.15) is 5.56 Å². The van der Waals surface area contributed by atoms with E-state index >= 15 is 0 Å². The highest BCUT2D eigenvalue weighted by Gasteiger charge is 2.14. The van der Waals surface area contributed by atoms with Gasteiger partial charge in [0.15, 0.2) is 0 Å².